The van der Waals surface area contributed by atoms with Gasteiger partial charge in [-0.3, -0.25) is 14.7 Å². The summed E-state index contributed by atoms with van der Waals surface area (Å²) in [5, 5.41) is 6.13. The zero-order valence-electron chi connectivity index (χ0n) is 17.7. The van der Waals surface area contributed by atoms with Crippen molar-refractivity contribution in [2.75, 3.05) is 0 Å². The smallest absolute Gasteiger partial charge is 0.271 e. The van der Waals surface area contributed by atoms with Crippen molar-refractivity contribution < 1.29 is 9.18 Å². The minimum Gasteiger partial charge on any atom is -0.345 e. The summed E-state index contributed by atoms with van der Waals surface area (Å²) < 4.78 is 13.3. The third kappa shape index (κ3) is 6.92. The summed E-state index contributed by atoms with van der Waals surface area (Å²) in [5.74, 6) is -0.491. The molecule has 2 heterocycles. The summed E-state index contributed by atoms with van der Waals surface area (Å²) in [4.78, 5) is 23.5. The van der Waals surface area contributed by atoms with Crippen LogP contribution in [0.3, 0.4) is 0 Å². The van der Waals surface area contributed by atoms with Gasteiger partial charge in [-0.1, -0.05) is 41.9 Å². The second-order valence-corrected chi connectivity index (χ2v) is 8.91. The van der Waals surface area contributed by atoms with Crippen LogP contribution in [0.25, 0.3) is 0 Å². The van der Waals surface area contributed by atoms with Crippen LogP contribution in [0.15, 0.2) is 78.3 Å². The first-order valence-electron chi connectivity index (χ1n) is 10.4. The van der Waals surface area contributed by atoms with Gasteiger partial charge in [-0.25, -0.2) is 9.37 Å². The maximum Gasteiger partial charge on any atom is 0.271 e. The second kappa shape index (κ2) is 11.1. The van der Waals surface area contributed by atoms with E-state index < -0.39 is 0 Å². The quantitative estimate of drug-likeness (QED) is 0.345. The normalized spacial score (nSPS) is 11.0. The van der Waals surface area contributed by atoms with E-state index >= 15 is 0 Å². The van der Waals surface area contributed by atoms with Crippen molar-refractivity contribution in [1.82, 2.24) is 20.2 Å². The van der Waals surface area contributed by atoms with E-state index in [0.29, 0.717) is 36.9 Å². The Morgan fingerprint density at radius 1 is 0.970 bits per heavy atom. The molecular weight excluding hydrogens is 459 g/mol. The van der Waals surface area contributed by atoms with E-state index in [1.165, 1.54) is 23.5 Å². The topological polar surface area (TPSA) is 58.1 Å². The van der Waals surface area contributed by atoms with Gasteiger partial charge in [-0.2, -0.15) is 0 Å². The lowest BCUT2D eigenvalue weighted by Gasteiger charge is -2.21. The molecule has 2 aromatic carbocycles. The molecule has 5 nitrogen and oxygen atoms in total. The summed E-state index contributed by atoms with van der Waals surface area (Å²) in [7, 11) is 0. The molecule has 168 valence electrons. The minimum atomic E-state index is -0.260. The molecule has 0 fully saturated rings. The van der Waals surface area contributed by atoms with Gasteiger partial charge in [0.25, 0.3) is 5.91 Å². The van der Waals surface area contributed by atoms with Crippen LogP contribution in [0.5, 0.6) is 0 Å². The molecule has 0 spiro atoms. The molecule has 1 amide bonds. The molecule has 0 atom stereocenters. The van der Waals surface area contributed by atoms with Crippen molar-refractivity contribution in [1.29, 1.82) is 0 Å². The van der Waals surface area contributed by atoms with Gasteiger partial charge in [0.1, 0.15) is 16.5 Å². The number of thiazole rings is 1. The number of benzene rings is 2. The zero-order valence-corrected chi connectivity index (χ0v) is 19.3. The molecule has 0 unspecified atom stereocenters. The van der Waals surface area contributed by atoms with Crippen molar-refractivity contribution in [2.45, 2.75) is 26.2 Å². The van der Waals surface area contributed by atoms with E-state index in [0.717, 1.165) is 21.8 Å². The largest absolute Gasteiger partial charge is 0.345 e. The molecule has 4 rings (SSSR count). The Labute approximate surface area is 200 Å². The van der Waals surface area contributed by atoms with E-state index in [-0.39, 0.29) is 11.7 Å². The van der Waals surface area contributed by atoms with Gasteiger partial charge in [0, 0.05) is 29.7 Å². The molecule has 33 heavy (non-hydrogen) atoms. The first kappa shape index (κ1) is 23.0. The van der Waals surface area contributed by atoms with Crippen LogP contribution >= 0.6 is 22.9 Å². The number of hydrogen-bond acceptors (Lipinski definition) is 5. The Morgan fingerprint density at radius 2 is 1.67 bits per heavy atom. The van der Waals surface area contributed by atoms with Gasteiger partial charge >= 0.3 is 0 Å². The number of nitrogens with one attached hydrogen (secondary N) is 1. The molecule has 0 radical (unpaired) electrons. The van der Waals surface area contributed by atoms with E-state index in [2.05, 4.69) is 20.2 Å². The number of rotatable bonds is 9. The molecule has 0 bridgehead atoms. The number of carbonyl (C=O) groups excluding carboxylic acids is 1. The van der Waals surface area contributed by atoms with Crippen LogP contribution in [0.4, 0.5) is 4.39 Å². The minimum absolute atomic E-state index is 0.231. The monoisotopic (exact) mass is 480 g/mol. The van der Waals surface area contributed by atoms with Crippen molar-refractivity contribution in [2.24, 2.45) is 0 Å². The Morgan fingerprint density at radius 3 is 2.33 bits per heavy atom. The second-order valence-electron chi connectivity index (χ2n) is 7.53. The Hall–Kier alpha value is -3.13. The lowest BCUT2D eigenvalue weighted by Crippen LogP contribution is -2.24. The molecule has 0 aliphatic heterocycles. The lowest BCUT2D eigenvalue weighted by atomic mass is 10.1. The molecule has 0 saturated heterocycles. The third-order valence-electron chi connectivity index (χ3n) is 4.94. The van der Waals surface area contributed by atoms with Crippen LogP contribution in [-0.4, -0.2) is 20.8 Å². The average Bonchev–Trinajstić information content (AvgIpc) is 3.30. The van der Waals surface area contributed by atoms with Crippen LogP contribution < -0.4 is 5.32 Å². The highest BCUT2D eigenvalue weighted by molar-refractivity contribution is 7.09. The summed E-state index contributed by atoms with van der Waals surface area (Å²) in [6.45, 7) is 2.18. The van der Waals surface area contributed by atoms with Crippen LogP contribution in [-0.2, 0) is 26.2 Å². The van der Waals surface area contributed by atoms with Crippen molar-refractivity contribution >= 4 is 28.8 Å². The van der Waals surface area contributed by atoms with Crippen LogP contribution in [0.2, 0.25) is 5.02 Å². The molecule has 2 aromatic heterocycles. The number of pyridine rings is 1. The van der Waals surface area contributed by atoms with Crippen LogP contribution in [0, 0.1) is 5.82 Å². The first-order chi connectivity index (χ1) is 16.0. The third-order valence-corrected chi connectivity index (χ3v) is 6.02. The van der Waals surface area contributed by atoms with Gasteiger partial charge in [0.05, 0.1) is 18.8 Å². The van der Waals surface area contributed by atoms with Gasteiger partial charge in [0.15, 0.2) is 0 Å². The Bertz CT molecular complexity index is 1140. The SMILES string of the molecule is O=C(NCc1ccccn1)c1csc(CN(Cc2ccc(F)cc2)Cc2ccc(Cl)cc2)n1. The predicted molar refractivity (Wildman–Crippen MR) is 128 cm³/mol. The number of aromatic nitrogens is 2. The number of hydrogen-bond donors (Lipinski definition) is 1. The average molecular weight is 481 g/mol. The summed E-state index contributed by atoms with van der Waals surface area (Å²) >= 11 is 7.46. The van der Waals surface area contributed by atoms with Crippen molar-refractivity contribution in [3.63, 3.8) is 0 Å². The standard InChI is InChI=1S/C25H22ClFN4OS/c26-20-8-4-18(5-9-20)14-31(15-19-6-10-21(27)11-7-19)16-24-30-23(17-33-24)25(32)29-13-22-3-1-2-12-28-22/h1-12,17H,13-16H2,(H,29,32). The predicted octanol–water partition coefficient (Wildman–Crippen LogP) is 5.46. The van der Waals surface area contributed by atoms with E-state index in [9.17, 15) is 9.18 Å². The zero-order chi connectivity index (χ0) is 23.0. The molecule has 1 N–H and O–H groups in total. The van der Waals surface area contributed by atoms with E-state index in [4.69, 9.17) is 11.6 Å². The maximum atomic E-state index is 13.3. The lowest BCUT2D eigenvalue weighted by molar-refractivity contribution is 0.0945. The van der Waals surface area contributed by atoms with E-state index in [1.807, 2.05) is 42.5 Å². The summed E-state index contributed by atoms with van der Waals surface area (Å²) in [6.07, 6.45) is 1.69. The number of carbonyl (C=O) groups is 1. The number of nitrogens with zero attached hydrogens (tertiary/aromatic N) is 3. The highest BCUT2D eigenvalue weighted by Gasteiger charge is 2.15. The van der Waals surface area contributed by atoms with Crippen molar-refractivity contribution in [3.8, 4) is 0 Å². The van der Waals surface area contributed by atoms with E-state index in [1.54, 1.807) is 23.7 Å². The highest BCUT2D eigenvalue weighted by atomic mass is 35.5. The number of amides is 1. The van der Waals surface area contributed by atoms with Gasteiger partial charge in [-0.05, 0) is 47.5 Å². The molecular formula is C25H22ClFN4OS. The first-order valence-corrected chi connectivity index (χ1v) is 11.6. The molecule has 0 saturated carbocycles. The highest BCUT2D eigenvalue weighted by Crippen LogP contribution is 2.19. The summed E-state index contributed by atoms with van der Waals surface area (Å²) in [6, 6.07) is 19.7. The Kier molecular flexibility index (Phi) is 7.78. The van der Waals surface area contributed by atoms with Gasteiger partial charge < -0.3 is 5.32 Å². The molecule has 8 heteroatoms. The molecule has 4 aromatic rings. The van der Waals surface area contributed by atoms with Gasteiger partial charge in [-0.15, -0.1) is 11.3 Å². The molecule has 0 aliphatic rings. The fourth-order valence-corrected chi connectivity index (χ4v) is 4.25. The van der Waals surface area contributed by atoms with Gasteiger partial charge in [0.2, 0.25) is 0 Å². The maximum absolute atomic E-state index is 13.3. The number of halogens is 2. The Balaban J connectivity index is 1.43. The van der Waals surface area contributed by atoms with Crippen LogP contribution in [0.1, 0.15) is 32.3 Å². The fraction of sp³-hybridized carbons (Fsp3) is 0.160. The fourth-order valence-electron chi connectivity index (χ4n) is 3.31. The van der Waals surface area contributed by atoms with Crippen molar-refractivity contribution in [3.05, 3.63) is 117 Å². The summed E-state index contributed by atoms with van der Waals surface area (Å²) in [5.41, 5.74) is 3.27. The molecule has 0 aliphatic carbocycles.